The van der Waals surface area contributed by atoms with E-state index >= 15 is 8.78 Å². The number of carbonyl (C=O) groups is 3. The van der Waals surface area contributed by atoms with Crippen molar-refractivity contribution >= 4 is 52.1 Å². The van der Waals surface area contributed by atoms with Gasteiger partial charge < -0.3 is 28.4 Å². The second-order valence-electron chi connectivity index (χ2n) is 17.6. The maximum absolute atomic E-state index is 15.9. The summed E-state index contributed by atoms with van der Waals surface area (Å²) in [6.45, 7) is 9.19. The topological polar surface area (TPSA) is 181 Å². The molecule has 5 aromatic rings. The van der Waals surface area contributed by atoms with E-state index in [0.717, 1.165) is 31.1 Å². The Kier molecular flexibility index (Phi) is 13.7. The minimum Gasteiger partial charge on any atom is -0.479 e. The summed E-state index contributed by atoms with van der Waals surface area (Å²) < 4.78 is 104. The van der Waals surface area contributed by atoms with Crippen molar-refractivity contribution in [1.82, 2.24) is 28.8 Å². The minimum atomic E-state index is -3.00. The van der Waals surface area contributed by atoms with Crippen LogP contribution in [0.3, 0.4) is 0 Å². The number of piperidine rings is 1. The van der Waals surface area contributed by atoms with Crippen LogP contribution in [-0.4, -0.2) is 107 Å². The number of rotatable bonds is 11. The molecular weight excluding hydrogens is 893 g/mol. The number of carbonyl (C=O) groups excluding carboxylic acids is 3. The number of amides is 2. The third-order valence-electron chi connectivity index (χ3n) is 10.6. The van der Waals surface area contributed by atoms with Gasteiger partial charge in [-0.25, -0.2) is 51.1 Å². The predicted molar refractivity (Wildman–Crippen MR) is 232 cm³/mol. The number of pyridine rings is 1. The molecule has 1 unspecified atom stereocenters. The number of hydrogen-bond acceptors (Lipinski definition) is 14. The van der Waals surface area contributed by atoms with Gasteiger partial charge in [0.15, 0.2) is 41.3 Å². The van der Waals surface area contributed by atoms with Crippen LogP contribution in [-0.2, 0) is 47.5 Å². The number of fused-ring (bicyclic) bond motifs is 1. The standard InChI is InChI=1S/C44H48F4N8O9S/c1-42(2,3)63-40(58)56(41(59)64-43(4,5)6)39-35-38(50-24-51-39)54(25-52-35)21-27-16-31(28-17-30(46)33(18-29(28)45)62-22-34(57)61-7)49-19-32(27)53-15-11-14-44(23-53)36(37(47)48)65-66(60)55(44)20-26-12-9-8-10-13-26/h8-10,12-13,16-19,24-25,36-37H,11,14-15,20-23H2,1-7H3/t36-,44-,66?/m1/s1. The monoisotopic (exact) mass is 940 g/mol. The summed E-state index contributed by atoms with van der Waals surface area (Å²) >= 11 is -2.23. The molecule has 1 spiro atoms. The third kappa shape index (κ3) is 10.2. The Bertz CT molecular complexity index is 2620. The van der Waals surface area contributed by atoms with Crippen molar-refractivity contribution in [3.05, 3.63) is 90.1 Å². The van der Waals surface area contributed by atoms with Crippen molar-refractivity contribution in [1.29, 1.82) is 0 Å². The first-order chi connectivity index (χ1) is 31.2. The number of ether oxygens (including phenoxy) is 4. The van der Waals surface area contributed by atoms with E-state index in [1.165, 1.54) is 22.9 Å². The number of nitrogens with zero attached hydrogens (tertiary/aromatic N) is 8. The molecule has 3 atom stereocenters. The van der Waals surface area contributed by atoms with Gasteiger partial charge in [-0.1, -0.05) is 30.3 Å². The molecule has 22 heteroatoms. The van der Waals surface area contributed by atoms with Crippen molar-refractivity contribution in [3.8, 4) is 17.0 Å². The number of esters is 1. The number of hydrogen-bond donors (Lipinski definition) is 0. The van der Waals surface area contributed by atoms with Gasteiger partial charge in [0.1, 0.15) is 23.3 Å². The fourth-order valence-electron chi connectivity index (χ4n) is 7.74. The van der Waals surface area contributed by atoms with Crippen LogP contribution >= 0.6 is 0 Å². The van der Waals surface area contributed by atoms with Crippen LogP contribution in [0.25, 0.3) is 22.4 Å². The molecule has 17 nitrogen and oxygen atoms in total. The molecular formula is C44H48F4N8O9S. The summed E-state index contributed by atoms with van der Waals surface area (Å²) in [6, 6.07) is 12.1. The van der Waals surface area contributed by atoms with Gasteiger partial charge in [-0.05, 0) is 77.6 Å². The fraction of sp³-hybridized carbons (Fsp3) is 0.432. The van der Waals surface area contributed by atoms with Crippen LogP contribution < -0.4 is 14.5 Å². The van der Waals surface area contributed by atoms with Gasteiger partial charge in [0, 0.05) is 31.3 Å². The molecule has 0 N–H and O–H groups in total. The summed E-state index contributed by atoms with van der Waals surface area (Å²) in [4.78, 5) is 59.0. The van der Waals surface area contributed by atoms with E-state index < -0.39 is 82.7 Å². The largest absolute Gasteiger partial charge is 0.479 e. The summed E-state index contributed by atoms with van der Waals surface area (Å²) in [5.41, 5.74) is -2.22. The average Bonchev–Trinajstić information content (AvgIpc) is 3.77. The Morgan fingerprint density at radius 2 is 1.64 bits per heavy atom. The zero-order valence-electron chi connectivity index (χ0n) is 37.1. The minimum absolute atomic E-state index is 0.0143. The Labute approximate surface area is 379 Å². The van der Waals surface area contributed by atoms with Crippen molar-refractivity contribution in [2.45, 2.75) is 96.7 Å². The maximum atomic E-state index is 15.9. The van der Waals surface area contributed by atoms with Gasteiger partial charge in [-0.2, -0.15) is 9.21 Å². The summed E-state index contributed by atoms with van der Waals surface area (Å²) in [5, 5.41) is 0. The molecule has 0 radical (unpaired) electrons. The van der Waals surface area contributed by atoms with E-state index in [0.29, 0.717) is 29.1 Å². The maximum Gasteiger partial charge on any atom is 0.425 e. The van der Waals surface area contributed by atoms with Gasteiger partial charge in [0.05, 0.1) is 43.1 Å². The van der Waals surface area contributed by atoms with E-state index in [9.17, 15) is 27.4 Å². The molecule has 5 heterocycles. The zero-order chi connectivity index (χ0) is 47.7. The molecule has 2 aromatic carbocycles. The number of imide groups is 1. The quantitative estimate of drug-likeness (QED) is 0.0720. The lowest BCUT2D eigenvalue weighted by Crippen LogP contribution is -2.62. The molecule has 66 heavy (non-hydrogen) atoms. The number of imidazole rings is 1. The van der Waals surface area contributed by atoms with Gasteiger partial charge in [-0.15, -0.1) is 0 Å². The van der Waals surface area contributed by atoms with E-state index in [1.54, 1.807) is 76.4 Å². The lowest BCUT2D eigenvalue weighted by atomic mass is 9.82. The number of alkyl halides is 2. The fourth-order valence-corrected chi connectivity index (χ4v) is 9.08. The van der Waals surface area contributed by atoms with Crippen molar-refractivity contribution in [3.63, 3.8) is 0 Å². The highest BCUT2D eigenvalue weighted by molar-refractivity contribution is 7.78. The number of benzene rings is 2. The molecule has 0 bridgehead atoms. The highest BCUT2D eigenvalue weighted by Gasteiger charge is 2.59. The van der Waals surface area contributed by atoms with Crippen LogP contribution in [0, 0.1) is 11.6 Å². The second kappa shape index (κ2) is 18.9. The van der Waals surface area contributed by atoms with Crippen LogP contribution in [0.15, 0.2) is 67.4 Å². The summed E-state index contributed by atoms with van der Waals surface area (Å²) in [5.74, 6) is -3.57. The SMILES string of the molecule is COC(=O)COc1cc(F)c(-c2cc(Cn3cnc4c(N(C(=O)OC(C)(C)C)C(=O)OC(C)(C)C)ncnc43)c(N3CCC[C@@]4(C3)[C@@H](C(F)F)OS(=O)N4Cc3ccccc3)cn2)cc1F. The van der Waals surface area contributed by atoms with E-state index in [1.807, 2.05) is 4.90 Å². The van der Waals surface area contributed by atoms with Gasteiger partial charge in [0.25, 0.3) is 6.43 Å². The van der Waals surface area contributed by atoms with Crippen LogP contribution in [0.5, 0.6) is 5.75 Å². The number of aromatic nitrogens is 5. The molecule has 2 fully saturated rings. The number of methoxy groups -OCH3 is 1. The molecule has 2 aliphatic rings. The van der Waals surface area contributed by atoms with Gasteiger partial charge in [-0.3, -0.25) is 9.17 Å². The molecule has 352 valence electrons. The van der Waals surface area contributed by atoms with Crippen molar-refractivity contribution in [2.24, 2.45) is 0 Å². The Morgan fingerprint density at radius 1 is 0.939 bits per heavy atom. The molecule has 2 saturated heterocycles. The molecule has 7 rings (SSSR count). The van der Waals surface area contributed by atoms with E-state index in [-0.39, 0.29) is 54.3 Å². The van der Waals surface area contributed by atoms with Gasteiger partial charge in [0.2, 0.25) is 11.3 Å². The number of halogens is 4. The first kappa shape index (κ1) is 47.7. The van der Waals surface area contributed by atoms with Crippen LogP contribution in [0.1, 0.15) is 65.5 Å². The Hall–Kier alpha value is -6.26. The molecule has 3 aromatic heterocycles. The van der Waals surface area contributed by atoms with Crippen LogP contribution in [0.2, 0.25) is 0 Å². The van der Waals surface area contributed by atoms with Gasteiger partial charge >= 0.3 is 18.2 Å². The predicted octanol–water partition coefficient (Wildman–Crippen LogP) is 7.53. The van der Waals surface area contributed by atoms with E-state index in [2.05, 4.69) is 24.7 Å². The third-order valence-corrected chi connectivity index (χ3v) is 11.8. The number of anilines is 2. The van der Waals surface area contributed by atoms with Crippen molar-refractivity contribution in [2.75, 3.05) is 36.6 Å². The zero-order valence-corrected chi connectivity index (χ0v) is 37.9. The lowest BCUT2D eigenvalue weighted by Gasteiger charge is -2.46. The Morgan fingerprint density at radius 3 is 2.29 bits per heavy atom. The summed E-state index contributed by atoms with van der Waals surface area (Å²) in [7, 11) is 1.12. The Balaban J connectivity index is 1.33. The highest BCUT2D eigenvalue weighted by atomic mass is 32.2. The molecule has 2 aliphatic heterocycles. The normalized spacial score (nSPS) is 19.1. The molecule has 0 saturated carbocycles. The summed E-state index contributed by atoms with van der Waals surface area (Å²) in [6.07, 6.45) is -2.47. The first-order valence-electron chi connectivity index (χ1n) is 20.7. The van der Waals surface area contributed by atoms with E-state index in [4.69, 9.17) is 18.4 Å². The average molecular weight is 941 g/mol. The van der Waals surface area contributed by atoms with Crippen LogP contribution in [0.4, 0.5) is 38.7 Å². The molecule has 2 amide bonds. The smallest absolute Gasteiger partial charge is 0.425 e. The second-order valence-corrected chi connectivity index (χ2v) is 18.7. The first-order valence-corrected chi connectivity index (χ1v) is 21.7. The molecule has 0 aliphatic carbocycles. The lowest BCUT2D eigenvalue weighted by molar-refractivity contribution is -0.143. The van der Waals surface area contributed by atoms with Crippen molar-refractivity contribution < 1.29 is 59.3 Å². The highest BCUT2D eigenvalue weighted by Crippen LogP contribution is 2.45.